The van der Waals surface area contributed by atoms with E-state index in [9.17, 15) is 4.79 Å². The average molecular weight is 317 g/mol. The molecule has 2 fully saturated rings. The van der Waals surface area contributed by atoms with Crippen molar-refractivity contribution in [1.29, 1.82) is 0 Å². The van der Waals surface area contributed by atoms with Gasteiger partial charge in [0.1, 0.15) is 0 Å². The molecular weight excluding hydrogens is 290 g/mol. The molecule has 0 aliphatic carbocycles. The van der Waals surface area contributed by atoms with Crippen molar-refractivity contribution in [2.75, 3.05) is 46.4 Å². The summed E-state index contributed by atoms with van der Waals surface area (Å²) < 4.78 is 5.30. The van der Waals surface area contributed by atoms with Crippen molar-refractivity contribution in [2.45, 2.75) is 25.4 Å². The Morgan fingerprint density at radius 2 is 1.83 bits per heavy atom. The van der Waals surface area contributed by atoms with Crippen molar-refractivity contribution < 1.29 is 9.53 Å². The van der Waals surface area contributed by atoms with Gasteiger partial charge in [0.2, 0.25) is 0 Å². The van der Waals surface area contributed by atoms with E-state index in [0.29, 0.717) is 12.5 Å². The van der Waals surface area contributed by atoms with E-state index in [-0.39, 0.29) is 12.3 Å². The molecule has 0 saturated carbocycles. The molecule has 2 atom stereocenters. The zero-order valence-electron chi connectivity index (χ0n) is 14.1. The third-order valence-corrected chi connectivity index (χ3v) is 5.00. The van der Waals surface area contributed by atoms with Crippen LogP contribution in [-0.2, 0) is 4.74 Å². The number of hydrogen-bond acceptors (Lipinski definition) is 4. The molecule has 2 aliphatic heterocycles. The van der Waals surface area contributed by atoms with Crippen LogP contribution in [0.25, 0.3) is 0 Å². The third kappa shape index (κ3) is 3.51. The van der Waals surface area contributed by atoms with E-state index < -0.39 is 0 Å². The number of carbonyl (C=O) groups is 1. The predicted molar refractivity (Wildman–Crippen MR) is 90.4 cm³/mol. The summed E-state index contributed by atoms with van der Waals surface area (Å²) in [4.78, 5) is 19.1. The Bertz CT molecular complexity index is 514. The normalized spacial score (nSPS) is 26.4. The van der Waals surface area contributed by atoms with Crippen LogP contribution in [0, 0.1) is 0 Å². The molecule has 2 unspecified atom stereocenters. The minimum atomic E-state index is -0.171. The maximum Gasteiger partial charge on any atom is 0.411 e. The minimum absolute atomic E-state index is 0.116. The van der Waals surface area contributed by atoms with Gasteiger partial charge in [-0.2, -0.15) is 0 Å². The smallest absolute Gasteiger partial charge is 0.411 e. The standard InChI is InChI=1S/C18H27N3O2/c1-3-23-18(22)21-10-9-16(15-7-5-4-6-8-15)17(21)20-13-11-19(2)12-14-20/h4-8,16-17H,3,9-14H2,1-2H3. The molecule has 0 spiro atoms. The van der Waals surface area contributed by atoms with Gasteiger partial charge in [0, 0.05) is 38.6 Å². The van der Waals surface area contributed by atoms with Gasteiger partial charge in [-0.05, 0) is 26.0 Å². The summed E-state index contributed by atoms with van der Waals surface area (Å²) in [6, 6.07) is 10.6. The van der Waals surface area contributed by atoms with Crippen LogP contribution in [0.4, 0.5) is 4.79 Å². The van der Waals surface area contributed by atoms with E-state index in [1.165, 1.54) is 5.56 Å². The van der Waals surface area contributed by atoms with E-state index in [1.54, 1.807) is 0 Å². The van der Waals surface area contributed by atoms with Crippen molar-refractivity contribution in [1.82, 2.24) is 14.7 Å². The van der Waals surface area contributed by atoms with Gasteiger partial charge < -0.3 is 9.64 Å². The molecule has 126 valence electrons. The van der Waals surface area contributed by atoms with Crippen molar-refractivity contribution in [3.8, 4) is 0 Å². The Morgan fingerprint density at radius 3 is 2.48 bits per heavy atom. The first-order chi connectivity index (χ1) is 11.2. The second-order valence-corrected chi connectivity index (χ2v) is 6.45. The van der Waals surface area contributed by atoms with Crippen LogP contribution in [0.1, 0.15) is 24.8 Å². The largest absolute Gasteiger partial charge is 0.450 e. The summed E-state index contributed by atoms with van der Waals surface area (Å²) in [5.41, 5.74) is 1.32. The van der Waals surface area contributed by atoms with E-state index >= 15 is 0 Å². The first kappa shape index (κ1) is 16.3. The van der Waals surface area contributed by atoms with Gasteiger partial charge >= 0.3 is 6.09 Å². The van der Waals surface area contributed by atoms with E-state index in [0.717, 1.165) is 39.1 Å². The molecule has 5 nitrogen and oxygen atoms in total. The van der Waals surface area contributed by atoms with Crippen LogP contribution in [0.15, 0.2) is 30.3 Å². The second kappa shape index (κ2) is 7.32. The lowest BCUT2D eigenvalue weighted by Gasteiger charge is -2.41. The summed E-state index contributed by atoms with van der Waals surface area (Å²) in [6.45, 7) is 7.17. The molecule has 3 rings (SSSR count). The summed E-state index contributed by atoms with van der Waals surface area (Å²) in [5.74, 6) is 0.365. The first-order valence-corrected chi connectivity index (χ1v) is 8.61. The number of hydrogen-bond donors (Lipinski definition) is 0. The summed E-state index contributed by atoms with van der Waals surface area (Å²) in [5, 5.41) is 0. The molecule has 1 aromatic carbocycles. The molecular formula is C18H27N3O2. The molecule has 0 N–H and O–H groups in total. The highest BCUT2D eigenvalue weighted by atomic mass is 16.6. The van der Waals surface area contributed by atoms with Crippen LogP contribution in [0.2, 0.25) is 0 Å². The zero-order valence-corrected chi connectivity index (χ0v) is 14.1. The number of likely N-dealkylation sites (tertiary alicyclic amines) is 1. The molecule has 5 heteroatoms. The SMILES string of the molecule is CCOC(=O)N1CCC(c2ccccc2)C1N1CCN(C)CC1. The van der Waals surface area contributed by atoms with Gasteiger partial charge in [0.25, 0.3) is 0 Å². The quantitative estimate of drug-likeness (QED) is 0.856. The third-order valence-electron chi connectivity index (χ3n) is 5.00. The van der Waals surface area contributed by atoms with Crippen molar-refractivity contribution in [3.63, 3.8) is 0 Å². The molecule has 0 bridgehead atoms. The number of carbonyl (C=O) groups excluding carboxylic acids is 1. The number of rotatable bonds is 3. The van der Waals surface area contributed by atoms with Crippen LogP contribution in [-0.4, -0.2) is 73.3 Å². The van der Waals surface area contributed by atoms with Crippen molar-refractivity contribution in [3.05, 3.63) is 35.9 Å². The summed E-state index contributed by atoms with van der Waals surface area (Å²) >= 11 is 0. The Morgan fingerprint density at radius 1 is 1.13 bits per heavy atom. The maximum absolute atomic E-state index is 12.4. The Labute approximate surface area is 138 Å². The average Bonchev–Trinajstić information content (AvgIpc) is 3.01. The van der Waals surface area contributed by atoms with Crippen molar-refractivity contribution >= 4 is 6.09 Å². The van der Waals surface area contributed by atoms with Crippen LogP contribution < -0.4 is 0 Å². The van der Waals surface area contributed by atoms with Crippen LogP contribution >= 0.6 is 0 Å². The van der Waals surface area contributed by atoms with Gasteiger partial charge in [-0.1, -0.05) is 30.3 Å². The summed E-state index contributed by atoms with van der Waals surface area (Å²) in [6.07, 6.45) is 0.944. The fraction of sp³-hybridized carbons (Fsp3) is 0.611. The Balaban J connectivity index is 1.83. The Kier molecular flexibility index (Phi) is 5.18. The highest BCUT2D eigenvalue weighted by molar-refractivity contribution is 5.68. The molecule has 0 aromatic heterocycles. The first-order valence-electron chi connectivity index (χ1n) is 8.61. The fourth-order valence-electron chi connectivity index (χ4n) is 3.76. The number of piperazine rings is 1. The molecule has 0 radical (unpaired) electrons. The highest BCUT2D eigenvalue weighted by Crippen LogP contribution is 2.36. The Hall–Kier alpha value is -1.59. The van der Waals surface area contributed by atoms with Gasteiger partial charge in [-0.25, -0.2) is 4.79 Å². The monoisotopic (exact) mass is 317 g/mol. The number of likely N-dealkylation sites (N-methyl/N-ethyl adjacent to an activating group) is 1. The molecule has 2 aliphatic rings. The summed E-state index contributed by atoms with van der Waals surface area (Å²) in [7, 11) is 2.16. The number of nitrogens with zero attached hydrogens (tertiary/aromatic N) is 3. The molecule has 2 heterocycles. The highest BCUT2D eigenvalue weighted by Gasteiger charge is 2.42. The van der Waals surface area contributed by atoms with Crippen molar-refractivity contribution in [2.24, 2.45) is 0 Å². The number of amides is 1. The van der Waals surface area contributed by atoms with Crippen LogP contribution in [0.5, 0.6) is 0 Å². The topological polar surface area (TPSA) is 36.0 Å². The zero-order chi connectivity index (χ0) is 16.2. The lowest BCUT2D eigenvalue weighted by molar-refractivity contribution is 0.0217. The lowest BCUT2D eigenvalue weighted by Crippen LogP contribution is -2.55. The van der Waals surface area contributed by atoms with E-state index in [1.807, 2.05) is 17.9 Å². The molecule has 1 aromatic rings. The van der Waals surface area contributed by atoms with Gasteiger partial charge in [0.15, 0.2) is 0 Å². The second-order valence-electron chi connectivity index (χ2n) is 6.45. The molecule has 23 heavy (non-hydrogen) atoms. The predicted octanol–water partition coefficient (Wildman–Crippen LogP) is 2.21. The maximum atomic E-state index is 12.4. The fourth-order valence-corrected chi connectivity index (χ4v) is 3.76. The van der Waals surface area contributed by atoms with Gasteiger partial charge in [0.05, 0.1) is 12.8 Å². The molecule has 2 saturated heterocycles. The number of benzene rings is 1. The minimum Gasteiger partial charge on any atom is -0.450 e. The lowest BCUT2D eigenvalue weighted by atomic mass is 9.94. The number of ether oxygens (including phenoxy) is 1. The van der Waals surface area contributed by atoms with Crippen LogP contribution in [0.3, 0.4) is 0 Å². The molecule has 1 amide bonds. The van der Waals surface area contributed by atoms with Gasteiger partial charge in [-0.3, -0.25) is 9.80 Å². The van der Waals surface area contributed by atoms with E-state index in [2.05, 4.69) is 41.1 Å². The van der Waals surface area contributed by atoms with Gasteiger partial charge in [-0.15, -0.1) is 0 Å². The van der Waals surface area contributed by atoms with E-state index in [4.69, 9.17) is 4.74 Å².